The lowest BCUT2D eigenvalue weighted by Gasteiger charge is -2.29. The molecule has 140 valence electrons. The standard InChI is InChI=1S/C21H31N5/c1-18-7-9-19(10-8-18)20(26-14-5-6-15-26)17-24-21(22-2)23-11-16-25-12-3-4-13-25/h3-4,7-10,12-13,20H,5-6,11,14-17H2,1-2H3,(H2,22,23,24). The van der Waals surface area contributed by atoms with Gasteiger partial charge >= 0.3 is 0 Å². The van der Waals surface area contributed by atoms with Crippen molar-refractivity contribution in [3.8, 4) is 0 Å². The van der Waals surface area contributed by atoms with Crippen LogP contribution in [-0.2, 0) is 6.54 Å². The number of likely N-dealkylation sites (tertiary alicyclic amines) is 1. The second-order valence-electron chi connectivity index (χ2n) is 6.97. The third-order valence-electron chi connectivity index (χ3n) is 5.06. The van der Waals surface area contributed by atoms with Crippen molar-refractivity contribution in [2.45, 2.75) is 32.4 Å². The number of hydrogen-bond acceptors (Lipinski definition) is 2. The number of nitrogens with one attached hydrogen (secondary N) is 2. The van der Waals surface area contributed by atoms with Gasteiger partial charge in [-0.25, -0.2) is 0 Å². The number of aliphatic imine (C=N–C) groups is 1. The maximum Gasteiger partial charge on any atom is 0.191 e. The molecule has 1 fully saturated rings. The summed E-state index contributed by atoms with van der Waals surface area (Å²) in [6, 6.07) is 13.4. The number of hydrogen-bond donors (Lipinski definition) is 2. The molecule has 1 aliphatic rings. The Morgan fingerprint density at radius 1 is 1.08 bits per heavy atom. The monoisotopic (exact) mass is 353 g/mol. The molecule has 1 unspecified atom stereocenters. The molecule has 1 saturated heterocycles. The van der Waals surface area contributed by atoms with Crippen molar-refractivity contribution in [1.82, 2.24) is 20.1 Å². The summed E-state index contributed by atoms with van der Waals surface area (Å²) in [5.74, 6) is 0.869. The Labute approximate surface area is 157 Å². The number of benzene rings is 1. The highest BCUT2D eigenvalue weighted by Crippen LogP contribution is 2.24. The number of guanidine groups is 1. The lowest BCUT2D eigenvalue weighted by atomic mass is 10.0. The first-order chi connectivity index (χ1) is 12.8. The molecule has 0 amide bonds. The van der Waals surface area contributed by atoms with Crippen molar-refractivity contribution in [1.29, 1.82) is 0 Å². The SMILES string of the molecule is CN=C(NCCn1cccc1)NCC(c1ccc(C)cc1)N1CCCC1. The molecule has 3 rings (SSSR count). The van der Waals surface area contributed by atoms with E-state index >= 15 is 0 Å². The average molecular weight is 354 g/mol. The molecule has 1 aliphatic heterocycles. The van der Waals surface area contributed by atoms with Gasteiger partial charge in [-0.15, -0.1) is 0 Å². The Morgan fingerprint density at radius 3 is 2.42 bits per heavy atom. The van der Waals surface area contributed by atoms with Crippen LogP contribution in [0.1, 0.15) is 30.0 Å². The number of rotatable bonds is 7. The van der Waals surface area contributed by atoms with Crippen molar-refractivity contribution in [2.75, 3.05) is 33.2 Å². The third kappa shape index (κ3) is 5.11. The first-order valence-electron chi connectivity index (χ1n) is 9.62. The van der Waals surface area contributed by atoms with Gasteiger partial charge in [0.25, 0.3) is 0 Å². The topological polar surface area (TPSA) is 44.6 Å². The fourth-order valence-electron chi connectivity index (χ4n) is 3.54. The molecule has 0 bridgehead atoms. The highest BCUT2D eigenvalue weighted by molar-refractivity contribution is 5.79. The Kier molecular flexibility index (Phi) is 6.72. The number of aryl methyl sites for hydroxylation is 1. The Hall–Kier alpha value is -2.27. The van der Waals surface area contributed by atoms with Crippen LogP contribution >= 0.6 is 0 Å². The van der Waals surface area contributed by atoms with Crippen LogP contribution in [0, 0.1) is 6.92 Å². The van der Waals surface area contributed by atoms with E-state index in [-0.39, 0.29) is 0 Å². The van der Waals surface area contributed by atoms with E-state index in [9.17, 15) is 0 Å². The number of aromatic nitrogens is 1. The maximum atomic E-state index is 4.38. The molecular formula is C21H31N5. The second-order valence-corrected chi connectivity index (χ2v) is 6.97. The normalized spacial score (nSPS) is 16.6. The van der Waals surface area contributed by atoms with Gasteiger partial charge < -0.3 is 15.2 Å². The first kappa shape index (κ1) is 18.5. The van der Waals surface area contributed by atoms with Gasteiger partial charge in [0.1, 0.15) is 0 Å². The van der Waals surface area contributed by atoms with E-state index in [0.29, 0.717) is 6.04 Å². The minimum Gasteiger partial charge on any atom is -0.355 e. The molecule has 1 aromatic heterocycles. The van der Waals surface area contributed by atoms with Crippen molar-refractivity contribution in [3.63, 3.8) is 0 Å². The van der Waals surface area contributed by atoms with E-state index in [1.165, 1.54) is 37.1 Å². The quantitative estimate of drug-likeness (QED) is 0.594. The van der Waals surface area contributed by atoms with Gasteiger partial charge in [0, 0.05) is 39.1 Å². The Bertz CT molecular complexity index is 669. The third-order valence-corrected chi connectivity index (χ3v) is 5.06. The van der Waals surface area contributed by atoms with Crippen molar-refractivity contribution in [2.24, 2.45) is 4.99 Å². The molecule has 2 heterocycles. The maximum absolute atomic E-state index is 4.38. The van der Waals surface area contributed by atoms with Crippen molar-refractivity contribution < 1.29 is 0 Å². The summed E-state index contributed by atoms with van der Waals surface area (Å²) in [4.78, 5) is 6.97. The molecule has 0 spiro atoms. The highest BCUT2D eigenvalue weighted by atomic mass is 15.2. The average Bonchev–Trinajstić information content (AvgIpc) is 3.36. The van der Waals surface area contributed by atoms with E-state index in [4.69, 9.17) is 0 Å². The molecule has 0 aliphatic carbocycles. The Balaban J connectivity index is 1.56. The number of nitrogens with zero attached hydrogens (tertiary/aromatic N) is 3. The van der Waals surface area contributed by atoms with Crippen molar-refractivity contribution in [3.05, 3.63) is 59.9 Å². The second kappa shape index (κ2) is 9.43. The van der Waals surface area contributed by atoms with Crippen LogP contribution in [0.3, 0.4) is 0 Å². The van der Waals surface area contributed by atoms with Gasteiger partial charge in [0.05, 0.1) is 6.04 Å². The van der Waals surface area contributed by atoms with Crippen LogP contribution in [0.5, 0.6) is 0 Å². The fraction of sp³-hybridized carbons (Fsp3) is 0.476. The smallest absolute Gasteiger partial charge is 0.191 e. The van der Waals surface area contributed by atoms with E-state index in [1.54, 1.807) is 0 Å². The van der Waals surface area contributed by atoms with Gasteiger partial charge in [0.15, 0.2) is 5.96 Å². The summed E-state index contributed by atoms with van der Waals surface area (Å²) in [6.45, 7) is 7.16. The van der Waals surface area contributed by atoms with Gasteiger partial charge in [-0.2, -0.15) is 0 Å². The van der Waals surface area contributed by atoms with Crippen LogP contribution < -0.4 is 10.6 Å². The molecular weight excluding hydrogens is 322 g/mol. The lowest BCUT2D eigenvalue weighted by Crippen LogP contribution is -2.43. The first-order valence-corrected chi connectivity index (χ1v) is 9.62. The minimum atomic E-state index is 0.390. The summed E-state index contributed by atoms with van der Waals surface area (Å²) in [5, 5.41) is 6.94. The summed E-state index contributed by atoms with van der Waals surface area (Å²) in [6.07, 6.45) is 6.76. The van der Waals surface area contributed by atoms with Crippen LogP contribution in [0.15, 0.2) is 53.8 Å². The van der Waals surface area contributed by atoms with Crippen LogP contribution in [0.25, 0.3) is 0 Å². The molecule has 0 saturated carbocycles. The largest absolute Gasteiger partial charge is 0.355 e. The highest BCUT2D eigenvalue weighted by Gasteiger charge is 2.23. The van der Waals surface area contributed by atoms with Crippen LogP contribution in [-0.4, -0.2) is 48.7 Å². The molecule has 2 N–H and O–H groups in total. The molecule has 0 radical (unpaired) electrons. The summed E-state index contributed by atoms with van der Waals surface area (Å²) >= 11 is 0. The molecule has 2 aromatic rings. The fourth-order valence-corrected chi connectivity index (χ4v) is 3.54. The zero-order chi connectivity index (χ0) is 18.2. The van der Waals surface area contributed by atoms with E-state index in [0.717, 1.165) is 25.6 Å². The zero-order valence-electron chi connectivity index (χ0n) is 16.0. The van der Waals surface area contributed by atoms with E-state index in [2.05, 4.69) is 80.8 Å². The van der Waals surface area contributed by atoms with Crippen LogP contribution in [0.2, 0.25) is 0 Å². The van der Waals surface area contributed by atoms with Gasteiger partial charge in [-0.05, 0) is 50.6 Å². The molecule has 1 aromatic carbocycles. The minimum absolute atomic E-state index is 0.390. The van der Waals surface area contributed by atoms with Gasteiger partial charge in [0.2, 0.25) is 0 Å². The van der Waals surface area contributed by atoms with E-state index in [1.807, 2.05) is 7.05 Å². The molecule has 5 nitrogen and oxygen atoms in total. The predicted octanol–water partition coefficient (Wildman–Crippen LogP) is 2.80. The summed E-state index contributed by atoms with van der Waals surface area (Å²) < 4.78 is 2.17. The predicted molar refractivity (Wildman–Crippen MR) is 109 cm³/mol. The van der Waals surface area contributed by atoms with E-state index < -0.39 is 0 Å². The summed E-state index contributed by atoms with van der Waals surface area (Å²) in [5.41, 5.74) is 2.69. The molecule has 26 heavy (non-hydrogen) atoms. The lowest BCUT2D eigenvalue weighted by molar-refractivity contribution is 0.245. The molecule has 1 atom stereocenters. The van der Waals surface area contributed by atoms with Crippen LogP contribution in [0.4, 0.5) is 0 Å². The van der Waals surface area contributed by atoms with Gasteiger partial charge in [-0.1, -0.05) is 29.8 Å². The molecule has 5 heteroatoms. The van der Waals surface area contributed by atoms with Crippen molar-refractivity contribution >= 4 is 5.96 Å². The summed E-state index contributed by atoms with van der Waals surface area (Å²) in [7, 11) is 1.84. The van der Waals surface area contributed by atoms with Gasteiger partial charge in [-0.3, -0.25) is 9.89 Å². The Morgan fingerprint density at radius 2 is 1.77 bits per heavy atom. The zero-order valence-corrected chi connectivity index (χ0v) is 16.0.